The molecule has 2 heterocycles. The van der Waals surface area contributed by atoms with Gasteiger partial charge in [-0.05, 0) is 25.3 Å². The highest BCUT2D eigenvalue weighted by atomic mass is 16.5. The molecule has 2 aliphatic rings. The Balaban J connectivity index is 1.90. The Labute approximate surface area is 120 Å². The molecule has 0 bridgehead atoms. The van der Waals surface area contributed by atoms with Crippen molar-refractivity contribution in [1.29, 1.82) is 0 Å². The van der Waals surface area contributed by atoms with Gasteiger partial charge in [0.25, 0.3) is 0 Å². The van der Waals surface area contributed by atoms with Gasteiger partial charge in [-0.1, -0.05) is 13.5 Å². The van der Waals surface area contributed by atoms with Crippen LogP contribution in [0.15, 0.2) is 12.7 Å². The number of carbonyl (C=O) groups excluding carboxylic acids is 2. The highest BCUT2D eigenvalue weighted by Gasteiger charge is 2.33. The quantitative estimate of drug-likeness (QED) is 0.726. The molecule has 2 rings (SSSR count). The van der Waals surface area contributed by atoms with E-state index in [1.165, 1.54) is 6.08 Å². The highest BCUT2D eigenvalue weighted by Crippen LogP contribution is 2.22. The minimum absolute atomic E-state index is 0.0336. The largest absolute Gasteiger partial charge is 0.377 e. The van der Waals surface area contributed by atoms with Crippen molar-refractivity contribution in [3.05, 3.63) is 12.7 Å². The number of amides is 2. The van der Waals surface area contributed by atoms with Crippen molar-refractivity contribution in [2.45, 2.75) is 32.2 Å². The van der Waals surface area contributed by atoms with E-state index >= 15 is 0 Å². The van der Waals surface area contributed by atoms with E-state index in [-0.39, 0.29) is 23.8 Å². The first-order valence-electron chi connectivity index (χ1n) is 7.47. The van der Waals surface area contributed by atoms with Crippen LogP contribution < -0.4 is 0 Å². The van der Waals surface area contributed by atoms with Crippen molar-refractivity contribution in [2.24, 2.45) is 5.92 Å². The van der Waals surface area contributed by atoms with Gasteiger partial charge in [0.05, 0.1) is 19.3 Å². The predicted octanol–water partition coefficient (Wildman–Crippen LogP) is 1.05. The van der Waals surface area contributed by atoms with Gasteiger partial charge < -0.3 is 14.5 Å². The Morgan fingerprint density at radius 3 is 2.60 bits per heavy atom. The van der Waals surface area contributed by atoms with Gasteiger partial charge in [0.1, 0.15) is 0 Å². The molecule has 0 aromatic carbocycles. The van der Waals surface area contributed by atoms with Crippen molar-refractivity contribution in [2.75, 3.05) is 32.8 Å². The fourth-order valence-corrected chi connectivity index (χ4v) is 2.99. The molecule has 0 N–H and O–H groups in total. The Morgan fingerprint density at radius 2 is 2.00 bits per heavy atom. The van der Waals surface area contributed by atoms with Crippen LogP contribution in [0.3, 0.4) is 0 Å². The highest BCUT2D eigenvalue weighted by molar-refractivity contribution is 5.87. The van der Waals surface area contributed by atoms with E-state index in [0.717, 1.165) is 19.3 Å². The molecule has 20 heavy (non-hydrogen) atoms. The zero-order valence-corrected chi connectivity index (χ0v) is 12.2. The van der Waals surface area contributed by atoms with Gasteiger partial charge in [0, 0.05) is 25.6 Å². The zero-order chi connectivity index (χ0) is 14.5. The van der Waals surface area contributed by atoms with Crippen LogP contribution in [0.2, 0.25) is 0 Å². The smallest absolute Gasteiger partial charge is 0.245 e. The fraction of sp³-hybridized carbons (Fsp3) is 0.733. The second-order valence-electron chi connectivity index (χ2n) is 5.47. The predicted molar refractivity (Wildman–Crippen MR) is 76.1 cm³/mol. The van der Waals surface area contributed by atoms with Gasteiger partial charge in [-0.25, -0.2) is 0 Å². The number of carbonyl (C=O) groups is 2. The Morgan fingerprint density at radius 1 is 1.30 bits per heavy atom. The second kappa shape index (κ2) is 6.88. The van der Waals surface area contributed by atoms with Crippen LogP contribution >= 0.6 is 0 Å². The molecule has 2 amide bonds. The van der Waals surface area contributed by atoms with Gasteiger partial charge in [0.2, 0.25) is 11.8 Å². The SMILES string of the molecule is C=CC(=O)N1CCC(C(=O)N2CCOCC2CC)CC1. The maximum atomic E-state index is 12.6. The normalized spacial score (nSPS) is 24.6. The molecule has 5 nitrogen and oxygen atoms in total. The van der Waals surface area contributed by atoms with Gasteiger partial charge in [-0.15, -0.1) is 0 Å². The van der Waals surface area contributed by atoms with Crippen LogP contribution in [0.4, 0.5) is 0 Å². The number of likely N-dealkylation sites (tertiary alicyclic amines) is 1. The second-order valence-corrected chi connectivity index (χ2v) is 5.47. The van der Waals surface area contributed by atoms with Crippen molar-refractivity contribution in [3.63, 3.8) is 0 Å². The first-order chi connectivity index (χ1) is 9.67. The van der Waals surface area contributed by atoms with Crippen LogP contribution in [-0.4, -0.2) is 60.5 Å². The molecular weight excluding hydrogens is 256 g/mol. The van der Waals surface area contributed by atoms with E-state index in [2.05, 4.69) is 13.5 Å². The average Bonchev–Trinajstić information content (AvgIpc) is 2.53. The van der Waals surface area contributed by atoms with Crippen molar-refractivity contribution >= 4 is 11.8 Å². The first-order valence-corrected chi connectivity index (χ1v) is 7.47. The van der Waals surface area contributed by atoms with Crippen LogP contribution in [-0.2, 0) is 14.3 Å². The van der Waals surface area contributed by atoms with Crippen LogP contribution in [0, 0.1) is 5.92 Å². The summed E-state index contributed by atoms with van der Waals surface area (Å²) >= 11 is 0. The van der Waals surface area contributed by atoms with Crippen molar-refractivity contribution in [3.8, 4) is 0 Å². The van der Waals surface area contributed by atoms with E-state index < -0.39 is 0 Å². The lowest BCUT2D eigenvalue weighted by Crippen LogP contribution is -2.52. The maximum Gasteiger partial charge on any atom is 0.245 e. The number of ether oxygens (including phenoxy) is 1. The number of morpholine rings is 1. The molecule has 0 spiro atoms. The lowest BCUT2D eigenvalue weighted by Gasteiger charge is -2.39. The molecule has 0 aromatic heterocycles. The van der Waals surface area contributed by atoms with E-state index in [9.17, 15) is 9.59 Å². The number of rotatable bonds is 3. The summed E-state index contributed by atoms with van der Waals surface area (Å²) in [6, 6.07) is 0.212. The lowest BCUT2D eigenvalue weighted by molar-refractivity contribution is -0.147. The van der Waals surface area contributed by atoms with Gasteiger partial charge >= 0.3 is 0 Å². The average molecular weight is 280 g/mol. The molecule has 2 fully saturated rings. The molecular formula is C15H24N2O3. The van der Waals surface area contributed by atoms with Gasteiger partial charge in [0.15, 0.2) is 0 Å². The molecule has 2 saturated heterocycles. The number of piperidine rings is 1. The lowest BCUT2D eigenvalue weighted by atomic mass is 9.94. The molecule has 2 aliphatic heterocycles. The molecule has 0 saturated carbocycles. The summed E-state index contributed by atoms with van der Waals surface area (Å²) in [5.74, 6) is 0.260. The minimum Gasteiger partial charge on any atom is -0.377 e. The molecule has 0 radical (unpaired) electrons. The van der Waals surface area contributed by atoms with E-state index in [0.29, 0.717) is 32.8 Å². The molecule has 0 aliphatic carbocycles. The van der Waals surface area contributed by atoms with Crippen LogP contribution in [0.25, 0.3) is 0 Å². The van der Waals surface area contributed by atoms with E-state index in [1.807, 2.05) is 4.90 Å². The summed E-state index contributed by atoms with van der Waals surface area (Å²) in [4.78, 5) is 27.9. The molecule has 112 valence electrons. The summed E-state index contributed by atoms with van der Waals surface area (Å²) in [5, 5.41) is 0. The summed E-state index contributed by atoms with van der Waals surface area (Å²) in [7, 11) is 0. The standard InChI is InChI=1S/C15H24N2O3/c1-3-13-11-20-10-9-17(13)15(19)12-5-7-16(8-6-12)14(18)4-2/h4,12-13H,2-3,5-11H2,1H3. The van der Waals surface area contributed by atoms with Crippen molar-refractivity contribution < 1.29 is 14.3 Å². The first kappa shape index (κ1) is 15.0. The maximum absolute atomic E-state index is 12.6. The molecule has 1 unspecified atom stereocenters. The van der Waals surface area contributed by atoms with Crippen LogP contribution in [0.1, 0.15) is 26.2 Å². The summed E-state index contributed by atoms with van der Waals surface area (Å²) < 4.78 is 5.45. The Hall–Kier alpha value is -1.36. The van der Waals surface area contributed by atoms with Gasteiger partial charge in [-0.3, -0.25) is 9.59 Å². The molecule has 0 aromatic rings. The Kier molecular flexibility index (Phi) is 5.17. The number of nitrogens with zero attached hydrogens (tertiary/aromatic N) is 2. The molecule has 1 atom stereocenters. The zero-order valence-electron chi connectivity index (χ0n) is 12.2. The van der Waals surface area contributed by atoms with E-state index in [4.69, 9.17) is 4.74 Å². The third-order valence-electron chi connectivity index (χ3n) is 4.31. The van der Waals surface area contributed by atoms with E-state index in [1.54, 1.807) is 4.90 Å². The Bertz CT molecular complexity index is 375. The summed E-state index contributed by atoms with van der Waals surface area (Å²) in [6.07, 6.45) is 3.79. The third-order valence-corrected chi connectivity index (χ3v) is 4.31. The molecule has 5 heteroatoms. The number of hydrogen-bond acceptors (Lipinski definition) is 3. The summed E-state index contributed by atoms with van der Waals surface area (Å²) in [5.41, 5.74) is 0. The van der Waals surface area contributed by atoms with Crippen molar-refractivity contribution in [1.82, 2.24) is 9.80 Å². The monoisotopic (exact) mass is 280 g/mol. The topological polar surface area (TPSA) is 49.9 Å². The van der Waals surface area contributed by atoms with Gasteiger partial charge in [-0.2, -0.15) is 0 Å². The fourth-order valence-electron chi connectivity index (χ4n) is 2.99. The third kappa shape index (κ3) is 3.20. The minimum atomic E-state index is -0.0336. The number of hydrogen-bond donors (Lipinski definition) is 0. The summed E-state index contributed by atoms with van der Waals surface area (Å²) in [6.45, 7) is 8.88. The van der Waals surface area contributed by atoms with Crippen LogP contribution in [0.5, 0.6) is 0 Å².